The average Bonchev–Trinajstić information content (AvgIpc) is 2.81. The molecular weight excluding hydrogens is 436 g/mol. The maximum atomic E-state index is 13.1. The zero-order valence-corrected chi connectivity index (χ0v) is 19.8. The highest BCUT2D eigenvalue weighted by molar-refractivity contribution is 7.89. The number of amides is 1. The lowest BCUT2D eigenvalue weighted by molar-refractivity contribution is -0.122. The van der Waals surface area contributed by atoms with Crippen molar-refractivity contribution in [3.05, 3.63) is 95.6 Å². The highest BCUT2D eigenvalue weighted by Gasteiger charge is 2.26. The van der Waals surface area contributed by atoms with E-state index in [0.717, 1.165) is 11.1 Å². The largest absolute Gasteiger partial charge is 0.494 e. The molecule has 0 spiro atoms. The number of hydrogen-bond donors (Lipinski definition) is 2. The Labute approximate surface area is 196 Å². The topological polar surface area (TPSA) is 84.5 Å². The van der Waals surface area contributed by atoms with Crippen molar-refractivity contribution in [2.45, 2.75) is 37.6 Å². The fourth-order valence-corrected chi connectivity index (χ4v) is 4.78. The minimum atomic E-state index is -3.92. The van der Waals surface area contributed by atoms with E-state index in [0.29, 0.717) is 30.9 Å². The summed E-state index contributed by atoms with van der Waals surface area (Å²) >= 11 is 0. The minimum absolute atomic E-state index is 0.0959. The molecule has 1 unspecified atom stereocenters. The third-order valence-electron chi connectivity index (χ3n) is 5.21. The molecule has 0 aliphatic heterocycles. The maximum absolute atomic E-state index is 13.1. The molecule has 0 bridgehead atoms. The van der Waals surface area contributed by atoms with Gasteiger partial charge in [-0.15, -0.1) is 0 Å². The van der Waals surface area contributed by atoms with Gasteiger partial charge in [-0.05, 0) is 61.6 Å². The summed E-state index contributed by atoms with van der Waals surface area (Å²) in [7, 11) is -3.92. The standard InChI is InChI=1S/C26H30N2O4S/c1-3-32-25-15-14-23(18-20(25)2)33(30,31)28-24(19-22-12-8-5-9-13-22)26(29)27-17-16-21-10-6-4-7-11-21/h4-15,18,24,28H,3,16-17,19H2,1-2H3,(H,27,29). The van der Waals surface area contributed by atoms with Crippen molar-refractivity contribution in [2.75, 3.05) is 13.2 Å². The highest BCUT2D eigenvalue weighted by atomic mass is 32.2. The molecule has 3 aromatic carbocycles. The Bertz CT molecular complexity index is 1150. The fraction of sp³-hybridized carbons (Fsp3) is 0.269. The predicted molar refractivity (Wildman–Crippen MR) is 130 cm³/mol. The van der Waals surface area contributed by atoms with E-state index in [2.05, 4.69) is 10.0 Å². The van der Waals surface area contributed by atoms with Crippen molar-refractivity contribution < 1.29 is 17.9 Å². The second kappa shape index (κ2) is 11.6. The smallest absolute Gasteiger partial charge is 0.241 e. The molecule has 0 saturated carbocycles. The van der Waals surface area contributed by atoms with Crippen molar-refractivity contribution in [3.63, 3.8) is 0 Å². The molecule has 0 aromatic heterocycles. The van der Waals surface area contributed by atoms with Crippen molar-refractivity contribution in [3.8, 4) is 5.75 Å². The number of carbonyl (C=O) groups is 1. The lowest BCUT2D eigenvalue weighted by atomic mass is 10.1. The Morgan fingerprint density at radius 1 is 0.939 bits per heavy atom. The zero-order chi connectivity index (χ0) is 23.7. The monoisotopic (exact) mass is 466 g/mol. The number of sulfonamides is 1. The van der Waals surface area contributed by atoms with Gasteiger partial charge in [0, 0.05) is 6.54 Å². The van der Waals surface area contributed by atoms with Crippen LogP contribution in [0.5, 0.6) is 5.75 Å². The second-order valence-corrected chi connectivity index (χ2v) is 9.46. The van der Waals surface area contributed by atoms with Gasteiger partial charge < -0.3 is 10.1 Å². The third-order valence-corrected chi connectivity index (χ3v) is 6.68. The quantitative estimate of drug-likeness (QED) is 0.452. The molecule has 174 valence electrons. The van der Waals surface area contributed by atoms with Crippen LogP contribution in [0.3, 0.4) is 0 Å². The number of nitrogens with one attached hydrogen (secondary N) is 2. The molecule has 1 atom stereocenters. The highest BCUT2D eigenvalue weighted by Crippen LogP contribution is 2.22. The van der Waals surface area contributed by atoms with Crippen LogP contribution in [0.4, 0.5) is 0 Å². The lowest BCUT2D eigenvalue weighted by Gasteiger charge is -2.19. The van der Waals surface area contributed by atoms with Crippen LogP contribution in [0, 0.1) is 6.92 Å². The summed E-state index contributed by atoms with van der Waals surface area (Å²) in [6.07, 6.45) is 0.905. The van der Waals surface area contributed by atoms with Gasteiger partial charge in [0.15, 0.2) is 0 Å². The van der Waals surface area contributed by atoms with Crippen molar-refractivity contribution in [2.24, 2.45) is 0 Å². The fourth-order valence-electron chi connectivity index (χ4n) is 3.50. The summed E-state index contributed by atoms with van der Waals surface area (Å²) in [5, 5.41) is 2.88. The first kappa shape index (κ1) is 24.5. The number of hydrogen-bond acceptors (Lipinski definition) is 4. The van der Waals surface area contributed by atoms with E-state index in [4.69, 9.17) is 4.74 Å². The summed E-state index contributed by atoms with van der Waals surface area (Å²) < 4.78 is 34.4. The molecule has 33 heavy (non-hydrogen) atoms. The Kier molecular flexibility index (Phi) is 8.63. The Morgan fingerprint density at radius 2 is 1.58 bits per heavy atom. The molecule has 0 fully saturated rings. The molecule has 0 saturated heterocycles. The summed E-state index contributed by atoms with van der Waals surface area (Å²) in [4.78, 5) is 13.1. The van der Waals surface area contributed by atoms with E-state index < -0.39 is 16.1 Å². The number of aryl methyl sites for hydroxylation is 1. The molecule has 0 aliphatic carbocycles. The average molecular weight is 467 g/mol. The second-order valence-electron chi connectivity index (χ2n) is 7.75. The van der Waals surface area contributed by atoms with Crippen LogP contribution in [0.1, 0.15) is 23.6 Å². The van der Waals surface area contributed by atoms with E-state index in [1.54, 1.807) is 19.1 Å². The van der Waals surface area contributed by atoms with Crippen LogP contribution in [0.2, 0.25) is 0 Å². The molecule has 0 aliphatic rings. The number of ether oxygens (including phenoxy) is 1. The van der Waals surface area contributed by atoms with Crippen molar-refractivity contribution in [1.82, 2.24) is 10.0 Å². The van der Waals surface area contributed by atoms with Crippen LogP contribution >= 0.6 is 0 Å². The zero-order valence-electron chi connectivity index (χ0n) is 19.0. The predicted octanol–water partition coefficient (Wildman–Crippen LogP) is 3.64. The molecule has 2 N–H and O–H groups in total. The van der Waals surface area contributed by atoms with Gasteiger partial charge in [-0.25, -0.2) is 8.42 Å². The van der Waals surface area contributed by atoms with Crippen LogP contribution < -0.4 is 14.8 Å². The van der Waals surface area contributed by atoms with Crippen LogP contribution in [0.15, 0.2) is 83.8 Å². The normalized spacial score (nSPS) is 12.2. The number of rotatable bonds is 11. The SMILES string of the molecule is CCOc1ccc(S(=O)(=O)NC(Cc2ccccc2)C(=O)NCCc2ccccc2)cc1C. The van der Waals surface area contributed by atoms with Gasteiger partial charge in [0.05, 0.1) is 11.5 Å². The molecular formula is C26H30N2O4S. The van der Waals surface area contributed by atoms with Gasteiger partial charge in [-0.2, -0.15) is 4.72 Å². The summed E-state index contributed by atoms with van der Waals surface area (Å²) in [6.45, 7) is 4.57. The van der Waals surface area contributed by atoms with E-state index in [1.807, 2.05) is 67.6 Å². The van der Waals surface area contributed by atoms with Gasteiger partial charge in [0.2, 0.25) is 15.9 Å². The first-order chi connectivity index (χ1) is 15.9. The van der Waals surface area contributed by atoms with Gasteiger partial charge in [0.1, 0.15) is 11.8 Å². The van der Waals surface area contributed by atoms with E-state index >= 15 is 0 Å². The first-order valence-electron chi connectivity index (χ1n) is 11.0. The van der Waals surface area contributed by atoms with Gasteiger partial charge >= 0.3 is 0 Å². The van der Waals surface area contributed by atoms with Crippen LogP contribution in [-0.4, -0.2) is 33.5 Å². The van der Waals surface area contributed by atoms with E-state index in [-0.39, 0.29) is 17.2 Å². The maximum Gasteiger partial charge on any atom is 0.241 e. The van der Waals surface area contributed by atoms with Crippen molar-refractivity contribution in [1.29, 1.82) is 0 Å². The van der Waals surface area contributed by atoms with Crippen LogP contribution in [0.25, 0.3) is 0 Å². The molecule has 3 aromatic rings. The lowest BCUT2D eigenvalue weighted by Crippen LogP contribution is -2.48. The molecule has 3 rings (SSSR count). The van der Waals surface area contributed by atoms with Gasteiger partial charge in [-0.1, -0.05) is 60.7 Å². The summed E-state index contributed by atoms with van der Waals surface area (Å²) in [6, 6.07) is 22.9. The minimum Gasteiger partial charge on any atom is -0.494 e. The van der Waals surface area contributed by atoms with E-state index in [1.165, 1.54) is 6.07 Å². The molecule has 0 radical (unpaired) electrons. The Morgan fingerprint density at radius 3 is 2.18 bits per heavy atom. The summed E-state index contributed by atoms with van der Waals surface area (Å²) in [5.74, 6) is 0.275. The van der Waals surface area contributed by atoms with Gasteiger partial charge in [-0.3, -0.25) is 4.79 Å². The van der Waals surface area contributed by atoms with E-state index in [9.17, 15) is 13.2 Å². The molecule has 1 amide bonds. The van der Waals surface area contributed by atoms with Gasteiger partial charge in [0.25, 0.3) is 0 Å². The molecule has 7 heteroatoms. The number of benzene rings is 3. The van der Waals surface area contributed by atoms with Crippen molar-refractivity contribution >= 4 is 15.9 Å². The Hall–Kier alpha value is -3.16. The summed E-state index contributed by atoms with van der Waals surface area (Å²) in [5.41, 5.74) is 2.68. The molecule has 0 heterocycles. The first-order valence-corrected chi connectivity index (χ1v) is 12.5. The third kappa shape index (κ3) is 7.17. The number of carbonyl (C=O) groups excluding carboxylic acids is 1. The molecule has 6 nitrogen and oxygen atoms in total. The van der Waals surface area contributed by atoms with Crippen LogP contribution in [-0.2, 0) is 27.7 Å². The Balaban J connectivity index is 1.75.